The zero-order chi connectivity index (χ0) is 13.8. The quantitative estimate of drug-likeness (QED) is 0.831. The Morgan fingerprint density at radius 3 is 3.00 bits per heavy atom. The van der Waals surface area contributed by atoms with Crippen LogP contribution in [-0.2, 0) is 0 Å². The van der Waals surface area contributed by atoms with E-state index in [-0.39, 0.29) is 11.9 Å². The maximum Gasteiger partial charge on any atom is 0.253 e. The van der Waals surface area contributed by atoms with Gasteiger partial charge in [0.05, 0.1) is 5.56 Å². The summed E-state index contributed by atoms with van der Waals surface area (Å²) in [5, 5.41) is 3.63. The number of rotatable bonds is 3. The number of halogens is 1. The number of nitrogen functional groups attached to an aromatic ring is 1. The summed E-state index contributed by atoms with van der Waals surface area (Å²) in [7, 11) is 0. The third-order valence-electron chi connectivity index (χ3n) is 3.96. The first kappa shape index (κ1) is 14.2. The van der Waals surface area contributed by atoms with E-state index in [0.29, 0.717) is 16.3 Å². The lowest BCUT2D eigenvalue weighted by atomic mass is 9.84. The van der Waals surface area contributed by atoms with Crippen molar-refractivity contribution in [1.29, 1.82) is 0 Å². The van der Waals surface area contributed by atoms with Crippen LogP contribution in [0.2, 0.25) is 5.02 Å². The highest BCUT2D eigenvalue weighted by Gasteiger charge is 2.23. The molecule has 1 saturated carbocycles. The summed E-state index contributed by atoms with van der Waals surface area (Å²) >= 11 is 5.91. The Morgan fingerprint density at radius 2 is 2.26 bits per heavy atom. The Labute approximate surface area is 119 Å². The fourth-order valence-electron chi connectivity index (χ4n) is 2.78. The van der Waals surface area contributed by atoms with Crippen LogP contribution in [0.4, 0.5) is 5.69 Å². The molecule has 1 amide bonds. The fraction of sp³-hybridized carbons (Fsp3) is 0.533. The van der Waals surface area contributed by atoms with Crippen LogP contribution in [0.25, 0.3) is 0 Å². The van der Waals surface area contributed by atoms with Gasteiger partial charge in [-0.1, -0.05) is 37.8 Å². The summed E-state index contributed by atoms with van der Waals surface area (Å²) in [6.07, 6.45) is 5.79. The number of benzene rings is 1. The number of nitrogens with two attached hydrogens (primary N) is 1. The van der Waals surface area contributed by atoms with Crippen molar-refractivity contribution in [1.82, 2.24) is 5.32 Å². The average molecular weight is 281 g/mol. The van der Waals surface area contributed by atoms with E-state index >= 15 is 0 Å². The topological polar surface area (TPSA) is 55.1 Å². The summed E-state index contributed by atoms with van der Waals surface area (Å²) in [5.74, 6) is 0.623. The van der Waals surface area contributed by atoms with Crippen molar-refractivity contribution in [3.63, 3.8) is 0 Å². The molecule has 0 radical (unpaired) electrons. The minimum Gasteiger partial charge on any atom is -0.398 e. The van der Waals surface area contributed by atoms with Gasteiger partial charge in [-0.15, -0.1) is 0 Å². The van der Waals surface area contributed by atoms with Crippen molar-refractivity contribution >= 4 is 23.2 Å². The third-order valence-corrected chi connectivity index (χ3v) is 4.19. The van der Waals surface area contributed by atoms with Crippen LogP contribution in [0.3, 0.4) is 0 Å². The second kappa shape index (κ2) is 6.29. The molecule has 1 fully saturated rings. The van der Waals surface area contributed by atoms with E-state index in [1.54, 1.807) is 18.2 Å². The molecule has 1 aromatic rings. The predicted octanol–water partition coefficient (Wildman–Crippen LogP) is 3.62. The summed E-state index contributed by atoms with van der Waals surface area (Å²) in [4.78, 5) is 12.2. The standard InChI is InChI=1S/C15H21ClN2O/c1-2-10-4-3-5-12(8-10)18-15(19)13-9-11(16)6-7-14(13)17/h6-7,9-10,12H,2-5,8,17H2,1H3,(H,18,19). The third kappa shape index (κ3) is 3.63. The zero-order valence-corrected chi connectivity index (χ0v) is 12.0. The maximum atomic E-state index is 12.2. The molecule has 3 nitrogen and oxygen atoms in total. The molecule has 0 bridgehead atoms. The second-order valence-corrected chi connectivity index (χ2v) is 5.78. The van der Waals surface area contributed by atoms with E-state index in [9.17, 15) is 4.79 Å². The van der Waals surface area contributed by atoms with E-state index in [2.05, 4.69) is 12.2 Å². The smallest absolute Gasteiger partial charge is 0.253 e. The van der Waals surface area contributed by atoms with Gasteiger partial charge in [0.1, 0.15) is 0 Å². The Bertz CT molecular complexity index is 461. The van der Waals surface area contributed by atoms with Gasteiger partial charge in [-0.3, -0.25) is 4.79 Å². The Kier molecular flexibility index (Phi) is 4.70. The molecule has 104 valence electrons. The van der Waals surface area contributed by atoms with Gasteiger partial charge in [0.2, 0.25) is 0 Å². The number of anilines is 1. The summed E-state index contributed by atoms with van der Waals surface area (Å²) in [6.45, 7) is 2.21. The molecule has 2 unspecified atom stereocenters. The maximum absolute atomic E-state index is 12.2. The summed E-state index contributed by atoms with van der Waals surface area (Å²) < 4.78 is 0. The van der Waals surface area contributed by atoms with Crippen molar-refractivity contribution < 1.29 is 4.79 Å². The Morgan fingerprint density at radius 1 is 1.47 bits per heavy atom. The Hall–Kier alpha value is -1.22. The predicted molar refractivity (Wildman–Crippen MR) is 79.4 cm³/mol. The van der Waals surface area contributed by atoms with Crippen LogP contribution in [0.15, 0.2) is 18.2 Å². The first-order valence-corrected chi connectivity index (χ1v) is 7.33. The summed E-state index contributed by atoms with van der Waals surface area (Å²) in [6, 6.07) is 5.27. The van der Waals surface area contributed by atoms with Gasteiger partial charge in [0, 0.05) is 16.8 Å². The van der Waals surface area contributed by atoms with E-state index in [0.717, 1.165) is 18.8 Å². The van der Waals surface area contributed by atoms with Gasteiger partial charge in [0.15, 0.2) is 0 Å². The lowest BCUT2D eigenvalue weighted by molar-refractivity contribution is 0.0920. The lowest BCUT2D eigenvalue weighted by Crippen LogP contribution is -2.38. The monoisotopic (exact) mass is 280 g/mol. The second-order valence-electron chi connectivity index (χ2n) is 5.34. The largest absolute Gasteiger partial charge is 0.398 e. The Balaban J connectivity index is 2.02. The minimum absolute atomic E-state index is 0.109. The van der Waals surface area contributed by atoms with Crippen LogP contribution in [0, 0.1) is 5.92 Å². The van der Waals surface area contributed by atoms with E-state index in [4.69, 9.17) is 17.3 Å². The molecule has 1 aliphatic rings. The molecule has 0 aliphatic heterocycles. The van der Waals surface area contributed by atoms with Crippen LogP contribution < -0.4 is 11.1 Å². The molecule has 0 spiro atoms. The van der Waals surface area contributed by atoms with Crippen molar-refractivity contribution in [2.45, 2.75) is 45.1 Å². The van der Waals surface area contributed by atoms with Crippen molar-refractivity contribution in [3.05, 3.63) is 28.8 Å². The number of hydrogen-bond acceptors (Lipinski definition) is 2. The average Bonchev–Trinajstić information content (AvgIpc) is 2.41. The molecule has 0 saturated heterocycles. The van der Waals surface area contributed by atoms with E-state index < -0.39 is 0 Å². The van der Waals surface area contributed by atoms with Crippen molar-refractivity contribution in [3.8, 4) is 0 Å². The summed E-state index contributed by atoms with van der Waals surface area (Å²) in [5.41, 5.74) is 6.78. The molecule has 19 heavy (non-hydrogen) atoms. The lowest BCUT2D eigenvalue weighted by Gasteiger charge is -2.29. The van der Waals surface area contributed by atoms with Gasteiger partial charge in [-0.05, 0) is 37.0 Å². The van der Waals surface area contributed by atoms with Crippen LogP contribution in [-0.4, -0.2) is 11.9 Å². The zero-order valence-electron chi connectivity index (χ0n) is 11.3. The molecule has 4 heteroatoms. The molecule has 2 rings (SSSR count). The van der Waals surface area contributed by atoms with E-state index in [1.165, 1.54) is 19.3 Å². The molecule has 1 aliphatic carbocycles. The van der Waals surface area contributed by atoms with Gasteiger partial charge >= 0.3 is 0 Å². The molecule has 0 heterocycles. The van der Waals surface area contributed by atoms with Crippen LogP contribution in [0.5, 0.6) is 0 Å². The van der Waals surface area contributed by atoms with Gasteiger partial charge < -0.3 is 11.1 Å². The van der Waals surface area contributed by atoms with Crippen LogP contribution in [0.1, 0.15) is 49.4 Å². The van der Waals surface area contributed by atoms with Gasteiger partial charge in [-0.25, -0.2) is 0 Å². The molecular weight excluding hydrogens is 260 g/mol. The molecular formula is C15H21ClN2O. The normalized spacial score (nSPS) is 23.1. The first-order valence-electron chi connectivity index (χ1n) is 6.96. The fourth-order valence-corrected chi connectivity index (χ4v) is 2.95. The van der Waals surface area contributed by atoms with Crippen molar-refractivity contribution in [2.24, 2.45) is 5.92 Å². The molecule has 2 atom stereocenters. The molecule has 0 aromatic heterocycles. The molecule has 1 aromatic carbocycles. The van der Waals surface area contributed by atoms with E-state index in [1.807, 2.05) is 0 Å². The number of carbonyl (C=O) groups is 1. The minimum atomic E-state index is -0.109. The molecule has 3 N–H and O–H groups in total. The highest BCUT2D eigenvalue weighted by Crippen LogP contribution is 2.27. The number of hydrogen-bond donors (Lipinski definition) is 2. The number of carbonyl (C=O) groups excluding carboxylic acids is 1. The SMILES string of the molecule is CCC1CCCC(NC(=O)c2cc(Cl)ccc2N)C1. The first-order chi connectivity index (χ1) is 9.10. The number of amides is 1. The van der Waals surface area contributed by atoms with Gasteiger partial charge in [0.25, 0.3) is 5.91 Å². The van der Waals surface area contributed by atoms with Crippen LogP contribution >= 0.6 is 11.6 Å². The van der Waals surface area contributed by atoms with Gasteiger partial charge in [-0.2, -0.15) is 0 Å². The number of nitrogens with one attached hydrogen (secondary N) is 1. The highest BCUT2D eigenvalue weighted by molar-refractivity contribution is 6.31. The highest BCUT2D eigenvalue weighted by atomic mass is 35.5. The van der Waals surface area contributed by atoms with Crippen molar-refractivity contribution in [2.75, 3.05) is 5.73 Å².